The van der Waals surface area contributed by atoms with Gasteiger partial charge in [-0.25, -0.2) is 4.39 Å². The summed E-state index contributed by atoms with van der Waals surface area (Å²) in [5.74, 6) is -0.268. The third kappa shape index (κ3) is 2.54. The average Bonchev–Trinajstić information content (AvgIpc) is 2.03. The summed E-state index contributed by atoms with van der Waals surface area (Å²) in [6.07, 6.45) is 0. The van der Waals surface area contributed by atoms with Crippen molar-refractivity contribution >= 4 is 17.8 Å². The second-order valence-electron chi connectivity index (χ2n) is 2.27. The van der Waals surface area contributed by atoms with Crippen LogP contribution in [0.5, 0.6) is 0 Å². The Morgan fingerprint density at radius 1 is 1.50 bits per heavy atom. The first-order valence-corrected chi connectivity index (χ1v) is 3.87. The molecule has 0 aromatic heterocycles. The molecule has 2 nitrogen and oxygen atoms in total. The Bertz CT molecular complexity index is 295. The van der Waals surface area contributed by atoms with E-state index in [0.29, 0.717) is 5.56 Å². The van der Waals surface area contributed by atoms with Crippen LogP contribution in [0.1, 0.15) is 5.56 Å². The maximum Gasteiger partial charge on any atom is 0.151 e. The van der Waals surface area contributed by atoms with Crippen LogP contribution in [0.4, 0.5) is 4.39 Å². The van der Waals surface area contributed by atoms with Gasteiger partial charge in [-0.1, -0.05) is 18.2 Å². The highest BCUT2D eigenvalue weighted by atomic mass is 32.1. The Labute approximate surface area is 75.7 Å². The number of hydrogen-bond donors (Lipinski definition) is 2. The topological polar surface area (TPSA) is 38.4 Å². The van der Waals surface area contributed by atoms with Gasteiger partial charge in [-0.05, 0) is 6.07 Å². The summed E-state index contributed by atoms with van der Waals surface area (Å²) in [6, 6.07) is 6.43. The maximum atomic E-state index is 12.9. The van der Waals surface area contributed by atoms with Crippen molar-refractivity contribution in [2.24, 2.45) is 10.7 Å². The lowest BCUT2D eigenvalue weighted by molar-refractivity contribution is 0.611. The van der Waals surface area contributed by atoms with E-state index in [1.54, 1.807) is 18.2 Å². The molecule has 0 fully saturated rings. The van der Waals surface area contributed by atoms with Crippen LogP contribution in [0, 0.1) is 5.82 Å². The quantitative estimate of drug-likeness (QED) is 0.408. The SMILES string of the molecule is NC(S)=NCc1ccccc1F. The van der Waals surface area contributed by atoms with Crippen LogP contribution in [-0.2, 0) is 6.54 Å². The van der Waals surface area contributed by atoms with Gasteiger partial charge in [0.15, 0.2) is 5.17 Å². The fourth-order valence-electron chi connectivity index (χ4n) is 0.793. The van der Waals surface area contributed by atoms with E-state index in [-0.39, 0.29) is 17.5 Å². The van der Waals surface area contributed by atoms with Crippen LogP contribution < -0.4 is 5.73 Å². The summed E-state index contributed by atoms with van der Waals surface area (Å²) in [5, 5.41) is 0.165. The van der Waals surface area contributed by atoms with E-state index >= 15 is 0 Å². The molecule has 0 saturated carbocycles. The molecule has 0 radical (unpaired) electrons. The molecule has 0 spiro atoms. The van der Waals surface area contributed by atoms with Crippen molar-refractivity contribution in [1.82, 2.24) is 0 Å². The van der Waals surface area contributed by atoms with E-state index in [9.17, 15) is 4.39 Å². The molecule has 1 rings (SSSR count). The molecule has 0 atom stereocenters. The summed E-state index contributed by atoms with van der Waals surface area (Å²) in [7, 11) is 0. The zero-order valence-electron chi connectivity index (χ0n) is 6.37. The van der Waals surface area contributed by atoms with Gasteiger partial charge >= 0.3 is 0 Å². The Balaban J connectivity index is 2.76. The third-order valence-electron chi connectivity index (χ3n) is 1.37. The monoisotopic (exact) mass is 184 g/mol. The largest absolute Gasteiger partial charge is 0.379 e. The average molecular weight is 184 g/mol. The van der Waals surface area contributed by atoms with E-state index < -0.39 is 0 Å². The maximum absolute atomic E-state index is 12.9. The molecule has 1 aromatic carbocycles. The van der Waals surface area contributed by atoms with Gasteiger partial charge in [0.05, 0.1) is 6.54 Å². The molecule has 12 heavy (non-hydrogen) atoms. The van der Waals surface area contributed by atoms with Crippen molar-refractivity contribution in [3.05, 3.63) is 35.6 Å². The first-order chi connectivity index (χ1) is 5.70. The normalized spacial score (nSPS) is 11.7. The van der Waals surface area contributed by atoms with E-state index in [2.05, 4.69) is 17.6 Å². The van der Waals surface area contributed by atoms with Gasteiger partial charge in [-0.15, -0.1) is 12.6 Å². The predicted octanol–water partition coefficient (Wildman–Crippen LogP) is 1.57. The first-order valence-electron chi connectivity index (χ1n) is 3.42. The molecule has 64 valence electrons. The Kier molecular flexibility index (Phi) is 3.10. The van der Waals surface area contributed by atoms with Gasteiger partial charge in [-0.2, -0.15) is 0 Å². The Morgan fingerprint density at radius 3 is 2.75 bits per heavy atom. The lowest BCUT2D eigenvalue weighted by Gasteiger charge is -1.97. The fraction of sp³-hybridized carbons (Fsp3) is 0.125. The molecule has 0 aliphatic rings. The third-order valence-corrected chi connectivity index (χ3v) is 1.51. The van der Waals surface area contributed by atoms with Crippen LogP contribution in [-0.4, -0.2) is 5.17 Å². The van der Waals surface area contributed by atoms with Gasteiger partial charge in [-0.3, -0.25) is 4.99 Å². The molecule has 0 aliphatic heterocycles. The van der Waals surface area contributed by atoms with Gasteiger partial charge in [0.2, 0.25) is 0 Å². The van der Waals surface area contributed by atoms with Crippen molar-refractivity contribution < 1.29 is 4.39 Å². The molecule has 0 heterocycles. The smallest absolute Gasteiger partial charge is 0.151 e. The number of nitrogens with two attached hydrogens (primary N) is 1. The number of halogens is 1. The molecule has 2 N–H and O–H groups in total. The van der Waals surface area contributed by atoms with Crippen molar-refractivity contribution in [2.75, 3.05) is 0 Å². The van der Waals surface area contributed by atoms with Crippen molar-refractivity contribution in [1.29, 1.82) is 0 Å². The molecule has 0 amide bonds. The van der Waals surface area contributed by atoms with E-state index in [1.165, 1.54) is 6.07 Å². The Hall–Kier alpha value is -1.03. The lowest BCUT2D eigenvalue weighted by Crippen LogP contribution is -2.02. The minimum atomic E-state index is -0.268. The van der Waals surface area contributed by atoms with Crippen LogP contribution in [0.15, 0.2) is 29.3 Å². The molecule has 1 aromatic rings. The fourth-order valence-corrected chi connectivity index (χ4v) is 0.864. The van der Waals surface area contributed by atoms with Crippen molar-refractivity contribution in [3.63, 3.8) is 0 Å². The van der Waals surface area contributed by atoms with Crippen LogP contribution in [0.2, 0.25) is 0 Å². The summed E-state index contributed by atoms with van der Waals surface area (Å²) in [4.78, 5) is 3.77. The molecular weight excluding hydrogens is 175 g/mol. The van der Waals surface area contributed by atoms with Gasteiger partial charge in [0.1, 0.15) is 5.82 Å². The number of benzene rings is 1. The zero-order chi connectivity index (χ0) is 8.97. The van der Waals surface area contributed by atoms with Gasteiger partial charge in [0.25, 0.3) is 0 Å². The Morgan fingerprint density at radius 2 is 2.17 bits per heavy atom. The van der Waals surface area contributed by atoms with E-state index in [0.717, 1.165) is 0 Å². The van der Waals surface area contributed by atoms with E-state index in [4.69, 9.17) is 5.73 Å². The minimum Gasteiger partial charge on any atom is -0.379 e. The number of hydrogen-bond acceptors (Lipinski definition) is 1. The highest BCUT2D eigenvalue weighted by Crippen LogP contribution is 2.07. The molecule has 0 bridgehead atoms. The second kappa shape index (κ2) is 4.11. The van der Waals surface area contributed by atoms with Crippen molar-refractivity contribution in [2.45, 2.75) is 6.54 Å². The molecule has 0 aliphatic carbocycles. The van der Waals surface area contributed by atoms with Gasteiger partial charge in [0, 0.05) is 5.56 Å². The molecule has 4 heteroatoms. The highest BCUT2D eigenvalue weighted by Gasteiger charge is 1.97. The number of aliphatic imine (C=N–C) groups is 1. The molecule has 0 unspecified atom stereocenters. The molecular formula is C8H9FN2S. The van der Waals surface area contributed by atoms with Gasteiger partial charge < -0.3 is 5.73 Å². The highest BCUT2D eigenvalue weighted by molar-refractivity contribution is 7.96. The standard InChI is InChI=1S/C8H9FN2S/c9-7-4-2-1-3-6(7)5-11-8(10)12/h1-4H,5H2,(H3,10,11,12). The van der Waals surface area contributed by atoms with Crippen LogP contribution in [0.3, 0.4) is 0 Å². The zero-order valence-corrected chi connectivity index (χ0v) is 7.26. The number of rotatable bonds is 2. The summed E-state index contributed by atoms with van der Waals surface area (Å²) in [6.45, 7) is 0.238. The summed E-state index contributed by atoms with van der Waals surface area (Å²) < 4.78 is 12.9. The first kappa shape index (κ1) is 9.06. The van der Waals surface area contributed by atoms with Crippen molar-refractivity contribution in [3.8, 4) is 0 Å². The minimum absolute atomic E-state index is 0.165. The number of amidine groups is 1. The van der Waals surface area contributed by atoms with Crippen LogP contribution in [0.25, 0.3) is 0 Å². The lowest BCUT2D eigenvalue weighted by atomic mass is 10.2. The summed E-state index contributed by atoms with van der Waals surface area (Å²) >= 11 is 3.77. The predicted molar refractivity (Wildman–Crippen MR) is 50.7 cm³/mol. The summed E-state index contributed by atoms with van der Waals surface area (Å²) in [5.41, 5.74) is 5.70. The number of thiol groups is 1. The van der Waals surface area contributed by atoms with Crippen LogP contribution >= 0.6 is 12.6 Å². The second-order valence-corrected chi connectivity index (χ2v) is 2.72. The van der Waals surface area contributed by atoms with E-state index in [1.807, 2.05) is 0 Å². The molecule has 0 saturated heterocycles. The number of nitrogens with zero attached hydrogens (tertiary/aromatic N) is 1.